The molecule has 2 aromatic rings. The molecule has 0 radical (unpaired) electrons. The first-order valence-corrected chi connectivity index (χ1v) is 15.5. The van der Waals surface area contributed by atoms with Crippen molar-refractivity contribution in [2.45, 2.75) is 9.79 Å². The largest absolute Gasteiger partial charge is 0.414 e. The molecule has 6 nitrogen and oxygen atoms in total. The Kier molecular flexibility index (Phi) is 11.5. The Morgan fingerprint density at radius 3 is 1.42 bits per heavy atom. The molecule has 0 fully saturated rings. The van der Waals surface area contributed by atoms with Gasteiger partial charge < -0.3 is 19.3 Å². The first-order valence-electron chi connectivity index (χ1n) is 8.60. The predicted molar refractivity (Wildman–Crippen MR) is 137 cm³/mol. The van der Waals surface area contributed by atoms with E-state index in [1.165, 1.54) is 101 Å². The highest BCUT2D eigenvalue weighted by atomic mass is 35.5. The molecular formula is C18H16Cl2F2N2O4S5. The monoisotopic (exact) mass is 592 g/mol. The summed E-state index contributed by atoms with van der Waals surface area (Å²) in [5, 5.41) is 0.337. The van der Waals surface area contributed by atoms with Crippen LogP contribution in [0.3, 0.4) is 0 Å². The summed E-state index contributed by atoms with van der Waals surface area (Å²) in [5.74, 6) is -1.96. The predicted octanol–water partition coefficient (Wildman–Crippen LogP) is 8.14. The number of carbonyl (C=O) groups excluding carboxylic acids is 2. The van der Waals surface area contributed by atoms with Crippen molar-refractivity contribution >= 4 is 86.5 Å². The van der Waals surface area contributed by atoms with Crippen LogP contribution < -0.4 is 9.47 Å². The Balaban J connectivity index is 1.94. The van der Waals surface area contributed by atoms with Gasteiger partial charge in [-0.05, 0) is 63.2 Å². The Hall–Kier alpha value is -0.830. The van der Waals surface area contributed by atoms with E-state index in [0.717, 1.165) is 12.1 Å². The highest BCUT2D eigenvalue weighted by Gasteiger charge is 2.17. The van der Waals surface area contributed by atoms with E-state index in [-0.39, 0.29) is 21.5 Å². The number of hydrogen-bond acceptors (Lipinski definition) is 9. The molecular weight excluding hydrogens is 577 g/mol. The van der Waals surface area contributed by atoms with Crippen molar-refractivity contribution in [3.05, 3.63) is 45.9 Å². The highest BCUT2D eigenvalue weighted by Crippen LogP contribution is 2.55. The maximum atomic E-state index is 14.0. The van der Waals surface area contributed by atoms with Crippen molar-refractivity contribution in [3.8, 4) is 11.5 Å². The number of halogens is 4. The standard InChI is InChI=1S/C18H16Cl2F2N2O4S5/c1-23(2)17(25)27-13-7-15(9(19)5-11(13)21)29-31-33-32-30-16-8-14(12(22)6-10(16)20)28-18(26)24(3)4/h5-8H,1-4H3. The fourth-order valence-electron chi connectivity index (χ4n) is 1.79. The third-order valence-electron chi connectivity index (χ3n) is 3.40. The lowest BCUT2D eigenvalue weighted by Gasteiger charge is -2.13. The van der Waals surface area contributed by atoms with Crippen LogP contribution in [0.1, 0.15) is 0 Å². The van der Waals surface area contributed by atoms with Gasteiger partial charge in [-0.15, -0.1) is 0 Å². The van der Waals surface area contributed by atoms with Crippen LogP contribution in [0.4, 0.5) is 18.4 Å². The van der Waals surface area contributed by atoms with Crippen LogP contribution in [0.2, 0.25) is 10.0 Å². The molecule has 0 atom stereocenters. The highest BCUT2D eigenvalue weighted by molar-refractivity contribution is 9.35. The molecule has 2 rings (SSSR count). The molecule has 0 bridgehead atoms. The van der Waals surface area contributed by atoms with E-state index < -0.39 is 23.8 Å². The van der Waals surface area contributed by atoms with Gasteiger partial charge >= 0.3 is 12.2 Å². The lowest BCUT2D eigenvalue weighted by Crippen LogP contribution is -2.25. The summed E-state index contributed by atoms with van der Waals surface area (Å²) in [6.07, 6.45) is -1.43. The van der Waals surface area contributed by atoms with Crippen LogP contribution in [0.5, 0.6) is 11.5 Å². The minimum absolute atomic E-state index is 0.168. The molecule has 180 valence electrons. The SMILES string of the molecule is CN(C)C(=O)Oc1cc(SSSSSc2cc(OC(=O)N(C)C)c(F)cc2Cl)c(Cl)cc1F. The van der Waals surface area contributed by atoms with Crippen LogP contribution in [0, 0.1) is 11.6 Å². The minimum atomic E-state index is -0.751. The summed E-state index contributed by atoms with van der Waals surface area (Å²) >= 11 is 12.2. The normalized spacial score (nSPS) is 10.7. The molecule has 2 aromatic carbocycles. The van der Waals surface area contributed by atoms with E-state index in [0.29, 0.717) is 9.79 Å². The summed E-state index contributed by atoms with van der Waals surface area (Å²) in [6, 6.07) is 4.84. The second-order valence-corrected chi connectivity index (χ2v) is 14.7. The van der Waals surface area contributed by atoms with E-state index in [9.17, 15) is 18.4 Å². The van der Waals surface area contributed by atoms with E-state index in [4.69, 9.17) is 32.7 Å². The Morgan fingerprint density at radius 2 is 1.09 bits per heavy atom. The maximum Gasteiger partial charge on any atom is 0.414 e. The number of carbonyl (C=O) groups is 2. The van der Waals surface area contributed by atoms with Crippen molar-refractivity contribution in [1.29, 1.82) is 0 Å². The van der Waals surface area contributed by atoms with E-state index >= 15 is 0 Å². The van der Waals surface area contributed by atoms with E-state index in [2.05, 4.69) is 0 Å². The fourth-order valence-corrected chi connectivity index (χ4v) is 10.9. The van der Waals surface area contributed by atoms with E-state index in [1.54, 1.807) is 0 Å². The molecule has 0 aromatic heterocycles. The summed E-state index contributed by atoms with van der Waals surface area (Å²) in [4.78, 5) is 26.7. The lowest BCUT2D eigenvalue weighted by molar-refractivity contribution is 0.169. The number of hydrogen-bond donors (Lipinski definition) is 0. The molecule has 2 amide bonds. The van der Waals surface area contributed by atoms with Gasteiger partial charge in [0.2, 0.25) is 0 Å². The van der Waals surface area contributed by atoms with Gasteiger partial charge in [0.25, 0.3) is 0 Å². The van der Waals surface area contributed by atoms with Gasteiger partial charge in [-0.3, -0.25) is 0 Å². The smallest absolute Gasteiger partial charge is 0.407 e. The van der Waals surface area contributed by atoms with Crippen LogP contribution in [-0.2, 0) is 0 Å². The second kappa shape index (κ2) is 13.3. The van der Waals surface area contributed by atoms with Crippen LogP contribution in [0.15, 0.2) is 34.1 Å². The van der Waals surface area contributed by atoms with Crippen LogP contribution in [0.25, 0.3) is 0 Å². The van der Waals surface area contributed by atoms with Gasteiger partial charge in [0.1, 0.15) is 0 Å². The Bertz CT molecular complexity index is 954. The summed E-state index contributed by atoms with van der Waals surface area (Å²) < 4.78 is 38.0. The zero-order valence-electron chi connectivity index (χ0n) is 17.4. The average molecular weight is 594 g/mol. The van der Waals surface area contributed by atoms with Gasteiger partial charge in [-0.2, -0.15) is 0 Å². The molecule has 0 aliphatic heterocycles. The third kappa shape index (κ3) is 8.71. The van der Waals surface area contributed by atoms with Crippen molar-refractivity contribution in [3.63, 3.8) is 0 Å². The maximum absolute atomic E-state index is 14.0. The van der Waals surface area contributed by atoms with Gasteiger partial charge in [-0.1, -0.05) is 23.2 Å². The van der Waals surface area contributed by atoms with Crippen molar-refractivity contribution < 1.29 is 27.8 Å². The van der Waals surface area contributed by atoms with Crippen molar-refractivity contribution in [2.75, 3.05) is 28.2 Å². The third-order valence-corrected chi connectivity index (χ3v) is 12.6. The first-order chi connectivity index (χ1) is 15.5. The van der Waals surface area contributed by atoms with Crippen LogP contribution >= 0.6 is 74.3 Å². The average Bonchev–Trinajstić information content (AvgIpc) is 2.73. The number of nitrogens with zero attached hydrogens (tertiary/aromatic N) is 2. The molecule has 0 aliphatic rings. The number of rotatable bonds is 8. The zero-order chi connectivity index (χ0) is 24.7. The Morgan fingerprint density at radius 1 is 0.727 bits per heavy atom. The molecule has 0 unspecified atom stereocenters. The van der Waals surface area contributed by atoms with Gasteiger partial charge in [-0.25, -0.2) is 18.4 Å². The van der Waals surface area contributed by atoms with Gasteiger partial charge in [0.05, 0.1) is 10.0 Å². The quantitative estimate of drug-likeness (QED) is 0.223. The Labute approximate surface area is 218 Å². The zero-order valence-corrected chi connectivity index (χ0v) is 23.0. The topological polar surface area (TPSA) is 59.1 Å². The van der Waals surface area contributed by atoms with Gasteiger partial charge in [0.15, 0.2) is 23.1 Å². The summed E-state index contributed by atoms with van der Waals surface area (Å²) in [7, 11) is 12.4. The first kappa shape index (κ1) is 28.4. The van der Waals surface area contributed by atoms with Crippen molar-refractivity contribution in [1.82, 2.24) is 9.80 Å². The molecule has 0 spiro atoms. The van der Waals surface area contributed by atoms with Gasteiger partial charge in [0, 0.05) is 50.1 Å². The number of ether oxygens (including phenoxy) is 2. The summed E-state index contributed by atoms with van der Waals surface area (Å²) in [6.45, 7) is 0. The fraction of sp³-hybridized carbons (Fsp3) is 0.222. The molecule has 33 heavy (non-hydrogen) atoms. The van der Waals surface area contributed by atoms with E-state index in [1.807, 2.05) is 0 Å². The molecule has 0 saturated carbocycles. The second-order valence-electron chi connectivity index (χ2n) is 6.32. The molecule has 15 heteroatoms. The number of benzene rings is 2. The van der Waals surface area contributed by atoms with Crippen molar-refractivity contribution in [2.24, 2.45) is 0 Å². The molecule has 0 aliphatic carbocycles. The molecule has 0 saturated heterocycles. The number of amides is 2. The molecule has 0 N–H and O–H groups in total. The minimum Gasteiger partial charge on any atom is -0.407 e. The molecule has 0 heterocycles. The lowest BCUT2D eigenvalue weighted by atomic mass is 10.3. The summed E-state index contributed by atoms with van der Waals surface area (Å²) in [5.41, 5.74) is 0. The van der Waals surface area contributed by atoms with Crippen LogP contribution in [-0.4, -0.2) is 50.2 Å².